The van der Waals surface area contributed by atoms with Crippen molar-refractivity contribution in [3.8, 4) is 0 Å². The third-order valence-electron chi connectivity index (χ3n) is 3.16. The van der Waals surface area contributed by atoms with Gasteiger partial charge in [-0.1, -0.05) is 27.7 Å². The van der Waals surface area contributed by atoms with Crippen molar-refractivity contribution in [3.05, 3.63) is 0 Å². The lowest BCUT2D eigenvalue weighted by Crippen LogP contribution is -2.38. The summed E-state index contributed by atoms with van der Waals surface area (Å²) in [6.07, 6.45) is 0.689. The summed E-state index contributed by atoms with van der Waals surface area (Å²) in [5, 5.41) is 0.101. The average molecular weight is 322 g/mol. The summed E-state index contributed by atoms with van der Waals surface area (Å²) in [5.41, 5.74) is 0. The SMILES string of the molecule is CC(C)CN(CC(C)C)C(=O)CS[C@@H]1CCS(=O)(=O)C1. The van der Waals surface area contributed by atoms with Crippen LogP contribution in [0.5, 0.6) is 0 Å². The minimum atomic E-state index is -2.85. The van der Waals surface area contributed by atoms with E-state index in [0.29, 0.717) is 24.0 Å². The van der Waals surface area contributed by atoms with Crippen molar-refractivity contribution in [1.29, 1.82) is 0 Å². The summed E-state index contributed by atoms with van der Waals surface area (Å²) in [6.45, 7) is 9.99. The number of carbonyl (C=O) groups excluding carboxylic acids is 1. The number of amides is 1. The van der Waals surface area contributed by atoms with Gasteiger partial charge >= 0.3 is 0 Å². The summed E-state index contributed by atoms with van der Waals surface area (Å²) in [6, 6.07) is 0. The highest BCUT2D eigenvalue weighted by Crippen LogP contribution is 2.24. The molecule has 0 radical (unpaired) electrons. The summed E-state index contributed by atoms with van der Waals surface area (Å²) < 4.78 is 22.8. The molecular weight excluding hydrogens is 294 g/mol. The van der Waals surface area contributed by atoms with Crippen LogP contribution >= 0.6 is 11.8 Å². The molecular formula is C14H27NO3S2. The van der Waals surface area contributed by atoms with Gasteiger partial charge in [0.2, 0.25) is 5.91 Å². The number of hydrogen-bond acceptors (Lipinski definition) is 4. The molecule has 0 saturated carbocycles. The van der Waals surface area contributed by atoms with Gasteiger partial charge in [0.05, 0.1) is 17.3 Å². The van der Waals surface area contributed by atoms with Crippen LogP contribution in [0.4, 0.5) is 0 Å². The van der Waals surface area contributed by atoms with Gasteiger partial charge in [0, 0.05) is 18.3 Å². The Labute approximate surface area is 127 Å². The van der Waals surface area contributed by atoms with Gasteiger partial charge in [-0.15, -0.1) is 11.8 Å². The summed E-state index contributed by atoms with van der Waals surface area (Å²) >= 11 is 1.51. The van der Waals surface area contributed by atoms with E-state index in [2.05, 4.69) is 27.7 Å². The van der Waals surface area contributed by atoms with Crippen LogP contribution in [0.25, 0.3) is 0 Å². The number of nitrogens with zero attached hydrogens (tertiary/aromatic N) is 1. The smallest absolute Gasteiger partial charge is 0.232 e. The molecule has 6 heteroatoms. The predicted molar refractivity (Wildman–Crippen MR) is 85.8 cm³/mol. The van der Waals surface area contributed by atoms with Crippen molar-refractivity contribution in [2.24, 2.45) is 11.8 Å². The topological polar surface area (TPSA) is 54.5 Å². The Hall–Kier alpha value is -0.230. The largest absolute Gasteiger partial charge is 0.341 e. The molecule has 0 N–H and O–H groups in total. The van der Waals surface area contributed by atoms with Gasteiger partial charge in [-0.3, -0.25) is 4.79 Å². The summed E-state index contributed by atoms with van der Waals surface area (Å²) in [4.78, 5) is 14.2. The molecule has 1 aliphatic rings. The van der Waals surface area contributed by atoms with E-state index >= 15 is 0 Å². The fraction of sp³-hybridized carbons (Fsp3) is 0.929. The van der Waals surface area contributed by atoms with E-state index in [4.69, 9.17) is 0 Å². The second-order valence-corrected chi connectivity index (χ2v) is 9.94. The third kappa shape index (κ3) is 6.48. The second kappa shape index (κ2) is 7.69. The van der Waals surface area contributed by atoms with Crippen LogP contribution < -0.4 is 0 Å². The molecule has 1 heterocycles. The van der Waals surface area contributed by atoms with Crippen LogP contribution in [-0.4, -0.2) is 54.8 Å². The Balaban J connectivity index is 2.45. The average Bonchev–Trinajstić information content (AvgIpc) is 2.64. The molecule has 1 fully saturated rings. The summed E-state index contributed by atoms with van der Waals surface area (Å²) in [7, 11) is -2.85. The fourth-order valence-electron chi connectivity index (χ4n) is 2.33. The number of hydrogen-bond donors (Lipinski definition) is 0. The van der Waals surface area contributed by atoms with Gasteiger partial charge in [-0.2, -0.15) is 0 Å². The van der Waals surface area contributed by atoms with Crippen LogP contribution in [0.3, 0.4) is 0 Å². The quantitative estimate of drug-likeness (QED) is 0.720. The monoisotopic (exact) mass is 321 g/mol. The Kier molecular flexibility index (Phi) is 6.85. The second-order valence-electron chi connectivity index (χ2n) is 6.42. The maximum atomic E-state index is 12.3. The van der Waals surface area contributed by atoms with Crippen LogP contribution in [0.15, 0.2) is 0 Å². The lowest BCUT2D eigenvalue weighted by Gasteiger charge is -2.26. The van der Waals surface area contributed by atoms with E-state index in [1.54, 1.807) is 0 Å². The van der Waals surface area contributed by atoms with E-state index in [-0.39, 0.29) is 22.7 Å². The molecule has 118 valence electrons. The maximum absolute atomic E-state index is 12.3. The van der Waals surface area contributed by atoms with Crippen LogP contribution in [-0.2, 0) is 14.6 Å². The van der Waals surface area contributed by atoms with Crippen LogP contribution in [0, 0.1) is 11.8 Å². The first-order valence-electron chi connectivity index (χ1n) is 7.29. The minimum Gasteiger partial charge on any atom is -0.341 e. The number of thioether (sulfide) groups is 1. The molecule has 1 atom stereocenters. The molecule has 0 spiro atoms. The highest BCUT2D eigenvalue weighted by molar-refractivity contribution is 8.02. The van der Waals surface area contributed by atoms with Gasteiger partial charge < -0.3 is 4.90 Å². The van der Waals surface area contributed by atoms with Crippen molar-refractivity contribution in [2.75, 3.05) is 30.3 Å². The van der Waals surface area contributed by atoms with Crippen molar-refractivity contribution in [2.45, 2.75) is 39.4 Å². The number of rotatable bonds is 7. The zero-order valence-corrected chi connectivity index (χ0v) is 14.6. The first kappa shape index (κ1) is 17.8. The first-order chi connectivity index (χ1) is 9.19. The molecule has 1 saturated heterocycles. The zero-order chi connectivity index (χ0) is 15.3. The molecule has 0 unspecified atom stereocenters. The highest BCUT2D eigenvalue weighted by atomic mass is 32.2. The van der Waals surface area contributed by atoms with Crippen molar-refractivity contribution in [1.82, 2.24) is 4.90 Å². The molecule has 0 aliphatic carbocycles. The summed E-state index contributed by atoms with van der Waals surface area (Å²) in [5.74, 6) is 1.96. The van der Waals surface area contributed by atoms with E-state index in [0.717, 1.165) is 13.1 Å². The van der Waals surface area contributed by atoms with Gasteiger partial charge in [-0.25, -0.2) is 8.42 Å². The standard InChI is InChI=1S/C14H27NO3S2/c1-11(2)7-15(8-12(3)4)14(16)9-19-13-5-6-20(17,18)10-13/h11-13H,5-10H2,1-4H3/t13-/m1/s1. The minimum absolute atomic E-state index is 0.101. The fourth-order valence-corrected chi connectivity index (χ4v) is 5.88. The normalized spacial score (nSPS) is 21.6. The van der Waals surface area contributed by atoms with Gasteiger partial charge in [0.15, 0.2) is 9.84 Å². The van der Waals surface area contributed by atoms with Crippen molar-refractivity contribution >= 4 is 27.5 Å². The van der Waals surface area contributed by atoms with Crippen LogP contribution in [0.1, 0.15) is 34.1 Å². The lowest BCUT2D eigenvalue weighted by molar-refractivity contribution is -0.129. The number of sulfone groups is 1. The zero-order valence-electron chi connectivity index (χ0n) is 13.0. The van der Waals surface area contributed by atoms with Crippen molar-refractivity contribution in [3.63, 3.8) is 0 Å². The van der Waals surface area contributed by atoms with E-state index < -0.39 is 9.84 Å². The van der Waals surface area contributed by atoms with Crippen molar-refractivity contribution < 1.29 is 13.2 Å². The molecule has 20 heavy (non-hydrogen) atoms. The lowest BCUT2D eigenvalue weighted by atomic mass is 10.1. The molecule has 1 aliphatic heterocycles. The maximum Gasteiger partial charge on any atom is 0.232 e. The predicted octanol–water partition coefficient (Wildman–Crippen LogP) is 2.05. The molecule has 4 nitrogen and oxygen atoms in total. The van der Waals surface area contributed by atoms with Gasteiger partial charge in [0.1, 0.15) is 0 Å². The van der Waals surface area contributed by atoms with Gasteiger partial charge in [-0.05, 0) is 18.3 Å². The Morgan fingerprint density at radius 1 is 1.20 bits per heavy atom. The first-order valence-corrected chi connectivity index (χ1v) is 10.2. The Morgan fingerprint density at radius 2 is 1.75 bits per heavy atom. The molecule has 0 bridgehead atoms. The molecule has 1 amide bonds. The van der Waals surface area contributed by atoms with Gasteiger partial charge in [0.25, 0.3) is 0 Å². The Morgan fingerprint density at radius 3 is 2.15 bits per heavy atom. The number of carbonyl (C=O) groups is 1. The van der Waals surface area contributed by atoms with E-state index in [1.165, 1.54) is 11.8 Å². The third-order valence-corrected chi connectivity index (χ3v) is 6.42. The Bertz CT molecular complexity index is 408. The van der Waals surface area contributed by atoms with Crippen LogP contribution in [0.2, 0.25) is 0 Å². The molecule has 0 aromatic heterocycles. The van der Waals surface area contributed by atoms with E-state index in [1.807, 2.05) is 4.90 Å². The molecule has 1 rings (SSSR count). The van der Waals surface area contributed by atoms with E-state index in [9.17, 15) is 13.2 Å². The molecule has 0 aromatic rings. The molecule has 0 aromatic carbocycles. The highest BCUT2D eigenvalue weighted by Gasteiger charge is 2.29.